The lowest BCUT2D eigenvalue weighted by Crippen LogP contribution is -1.73. The van der Waals surface area contributed by atoms with Gasteiger partial charge in [-0.1, -0.05) is 10.2 Å². The molecule has 0 amide bonds. The van der Waals surface area contributed by atoms with Crippen molar-refractivity contribution >= 4 is 24.1 Å². The van der Waals surface area contributed by atoms with Gasteiger partial charge in [0.15, 0.2) is 0 Å². The van der Waals surface area contributed by atoms with E-state index in [9.17, 15) is 0 Å². The molecule has 0 saturated carbocycles. The van der Waals surface area contributed by atoms with Gasteiger partial charge in [0, 0.05) is 0 Å². The fourth-order valence-electron chi connectivity index (χ4n) is 0.474. The molecular weight excluding hydrogens is 216 g/mol. The van der Waals surface area contributed by atoms with Gasteiger partial charge in [0.25, 0.3) is 0 Å². The highest BCUT2D eigenvalue weighted by atomic mass is 32.2. The first-order valence-electron chi connectivity index (χ1n) is 2.98. The third kappa shape index (κ3) is 2.44. The second-order valence-corrected chi connectivity index (χ2v) is 3.22. The van der Waals surface area contributed by atoms with Crippen LogP contribution in [-0.2, 0) is 3.63 Å². The molecule has 2 heterocycles. The van der Waals surface area contributed by atoms with E-state index in [-0.39, 0.29) is 0 Å². The zero-order chi connectivity index (χ0) is 8.93. The third-order valence-corrected chi connectivity index (χ3v) is 2.08. The molecular formula is C4H2N4O3S2. The highest BCUT2D eigenvalue weighted by Crippen LogP contribution is 2.26. The SMILES string of the molecule is c1nnc(SOSc2nnco2)o1. The van der Waals surface area contributed by atoms with Crippen LogP contribution in [0.1, 0.15) is 0 Å². The molecule has 0 atom stereocenters. The molecule has 7 nitrogen and oxygen atoms in total. The summed E-state index contributed by atoms with van der Waals surface area (Å²) in [6, 6.07) is 0. The van der Waals surface area contributed by atoms with Crippen LogP contribution < -0.4 is 0 Å². The lowest BCUT2D eigenvalue weighted by molar-refractivity contribution is 0.437. The largest absolute Gasteiger partial charge is 0.417 e. The Morgan fingerprint density at radius 2 is 1.54 bits per heavy atom. The zero-order valence-corrected chi connectivity index (χ0v) is 7.62. The second kappa shape index (κ2) is 4.25. The van der Waals surface area contributed by atoms with Crippen molar-refractivity contribution in [2.75, 3.05) is 0 Å². The van der Waals surface area contributed by atoms with Gasteiger partial charge in [0.2, 0.25) is 12.8 Å². The van der Waals surface area contributed by atoms with Crippen LogP contribution in [0, 0.1) is 0 Å². The van der Waals surface area contributed by atoms with Crippen LogP contribution in [0.2, 0.25) is 0 Å². The van der Waals surface area contributed by atoms with E-state index in [4.69, 9.17) is 12.5 Å². The van der Waals surface area contributed by atoms with Crippen molar-refractivity contribution < 1.29 is 12.5 Å². The summed E-state index contributed by atoms with van der Waals surface area (Å²) in [6.07, 6.45) is 2.42. The highest BCUT2D eigenvalue weighted by Gasteiger charge is 2.04. The van der Waals surface area contributed by atoms with Gasteiger partial charge >= 0.3 is 10.4 Å². The van der Waals surface area contributed by atoms with Crippen molar-refractivity contribution in [3.63, 3.8) is 0 Å². The minimum absolute atomic E-state index is 0.312. The van der Waals surface area contributed by atoms with Crippen LogP contribution in [0.25, 0.3) is 0 Å². The van der Waals surface area contributed by atoms with Crippen LogP contribution in [0.15, 0.2) is 32.1 Å². The number of nitrogens with zero attached hydrogens (tertiary/aromatic N) is 4. The molecule has 13 heavy (non-hydrogen) atoms. The summed E-state index contributed by atoms with van der Waals surface area (Å²) in [5, 5.41) is 14.7. The molecule has 2 aromatic rings. The van der Waals surface area contributed by atoms with Crippen molar-refractivity contribution in [1.82, 2.24) is 20.4 Å². The maximum absolute atomic E-state index is 4.96. The average molecular weight is 218 g/mol. The number of aromatic nitrogens is 4. The Balaban J connectivity index is 1.76. The van der Waals surface area contributed by atoms with Gasteiger partial charge < -0.3 is 8.83 Å². The van der Waals surface area contributed by atoms with Crippen molar-refractivity contribution in [3.05, 3.63) is 12.8 Å². The Kier molecular flexibility index (Phi) is 2.79. The van der Waals surface area contributed by atoms with E-state index < -0.39 is 0 Å². The molecule has 0 aliphatic rings. The Labute approximate surface area is 80.7 Å². The van der Waals surface area contributed by atoms with E-state index in [0.29, 0.717) is 10.4 Å². The maximum Gasteiger partial charge on any atom is 0.305 e. The molecule has 0 radical (unpaired) electrons. The maximum atomic E-state index is 4.96. The Hall–Kier alpha value is -1.06. The summed E-state index contributed by atoms with van der Waals surface area (Å²) in [4.78, 5) is 0. The van der Waals surface area contributed by atoms with Crippen molar-refractivity contribution in [3.8, 4) is 0 Å². The summed E-state index contributed by atoms with van der Waals surface area (Å²) in [5.74, 6) is 0. The molecule has 0 saturated heterocycles. The zero-order valence-electron chi connectivity index (χ0n) is 5.98. The summed E-state index contributed by atoms with van der Waals surface area (Å²) in [5.41, 5.74) is 0. The summed E-state index contributed by atoms with van der Waals surface area (Å²) >= 11 is 1.84. The highest BCUT2D eigenvalue weighted by molar-refractivity contribution is 8.07. The van der Waals surface area contributed by atoms with Crippen LogP contribution in [0.5, 0.6) is 0 Å². The molecule has 0 aliphatic carbocycles. The van der Waals surface area contributed by atoms with E-state index >= 15 is 0 Å². The Morgan fingerprint density at radius 3 is 1.92 bits per heavy atom. The second-order valence-electron chi connectivity index (χ2n) is 1.64. The molecule has 0 aromatic carbocycles. The predicted molar refractivity (Wildman–Crippen MR) is 41.4 cm³/mol. The van der Waals surface area contributed by atoms with E-state index in [1.165, 1.54) is 12.8 Å². The summed E-state index contributed by atoms with van der Waals surface area (Å²) in [7, 11) is 0. The van der Waals surface area contributed by atoms with Gasteiger partial charge in [-0.2, -0.15) is 0 Å². The minimum atomic E-state index is 0.312. The fourth-order valence-corrected chi connectivity index (χ4v) is 1.40. The number of hydrogen-bond donors (Lipinski definition) is 0. The number of rotatable bonds is 4. The lowest BCUT2D eigenvalue weighted by Gasteiger charge is -1.90. The molecule has 0 spiro atoms. The van der Waals surface area contributed by atoms with E-state index in [0.717, 1.165) is 24.1 Å². The molecule has 0 N–H and O–H groups in total. The van der Waals surface area contributed by atoms with Gasteiger partial charge in [-0.05, 0) is 0 Å². The lowest BCUT2D eigenvalue weighted by atomic mass is 11.5. The van der Waals surface area contributed by atoms with E-state index in [2.05, 4.69) is 20.4 Å². The first kappa shape index (κ1) is 8.53. The van der Waals surface area contributed by atoms with Gasteiger partial charge in [0.05, 0.1) is 0 Å². The van der Waals surface area contributed by atoms with Crippen LogP contribution in [0.3, 0.4) is 0 Å². The average Bonchev–Trinajstić information content (AvgIpc) is 2.75. The number of hydrogen-bond acceptors (Lipinski definition) is 9. The first-order chi connectivity index (χ1) is 6.45. The molecule has 0 unspecified atom stereocenters. The third-order valence-electron chi connectivity index (χ3n) is 0.891. The fraction of sp³-hybridized carbons (Fsp3) is 0. The van der Waals surface area contributed by atoms with Gasteiger partial charge in [-0.3, -0.25) is 0 Å². The first-order valence-corrected chi connectivity index (χ1v) is 4.47. The smallest absolute Gasteiger partial charge is 0.305 e. The van der Waals surface area contributed by atoms with Crippen LogP contribution in [-0.4, -0.2) is 20.4 Å². The quantitative estimate of drug-likeness (QED) is 0.702. The van der Waals surface area contributed by atoms with Crippen LogP contribution >= 0.6 is 24.1 Å². The normalized spacial score (nSPS) is 10.5. The molecule has 0 aliphatic heterocycles. The standard InChI is InChI=1S/C4H2N4O3S2/c1-5-7-3(9-1)12-11-13-4-8-6-2-10-4/h1-2H. The van der Waals surface area contributed by atoms with Gasteiger partial charge in [-0.25, -0.2) is 3.63 Å². The van der Waals surface area contributed by atoms with Crippen molar-refractivity contribution in [2.45, 2.75) is 10.4 Å². The molecule has 68 valence electrons. The van der Waals surface area contributed by atoms with Gasteiger partial charge in [0.1, 0.15) is 24.1 Å². The molecule has 0 fully saturated rings. The Morgan fingerprint density at radius 1 is 1.00 bits per heavy atom. The van der Waals surface area contributed by atoms with Crippen molar-refractivity contribution in [2.24, 2.45) is 0 Å². The topological polar surface area (TPSA) is 87.1 Å². The Bertz CT molecular complexity index is 302. The summed E-state index contributed by atoms with van der Waals surface area (Å²) in [6.45, 7) is 0. The molecule has 2 rings (SSSR count). The van der Waals surface area contributed by atoms with E-state index in [1.807, 2.05) is 0 Å². The predicted octanol–water partition coefficient (Wildman–Crippen LogP) is 1.18. The van der Waals surface area contributed by atoms with E-state index in [1.54, 1.807) is 0 Å². The minimum Gasteiger partial charge on any atom is -0.417 e. The molecule has 9 heteroatoms. The molecule has 0 bridgehead atoms. The van der Waals surface area contributed by atoms with Gasteiger partial charge in [-0.15, -0.1) is 10.2 Å². The van der Waals surface area contributed by atoms with Crippen LogP contribution in [0.4, 0.5) is 0 Å². The molecule has 2 aromatic heterocycles. The monoisotopic (exact) mass is 218 g/mol. The summed E-state index contributed by atoms with van der Waals surface area (Å²) < 4.78 is 14.5. The van der Waals surface area contributed by atoms with Crippen molar-refractivity contribution in [1.29, 1.82) is 0 Å².